The Bertz CT molecular complexity index is 420. The van der Waals surface area contributed by atoms with Crippen LogP contribution in [0, 0.1) is 5.92 Å². The number of nitrogens with zero attached hydrogens (tertiary/aromatic N) is 4. The molecule has 1 atom stereocenters. The Morgan fingerprint density at radius 1 is 1.18 bits per heavy atom. The van der Waals surface area contributed by atoms with Gasteiger partial charge in [0.1, 0.15) is 6.04 Å². The van der Waals surface area contributed by atoms with Crippen molar-refractivity contribution in [2.75, 3.05) is 13.1 Å². The average Bonchev–Trinajstić information content (AvgIpc) is 2.82. The fraction of sp³-hybridized carbons (Fsp3) is 0.583. The number of hydrogen-bond donors (Lipinski definition) is 0. The summed E-state index contributed by atoms with van der Waals surface area (Å²) in [7, 11) is 0. The van der Waals surface area contributed by atoms with Gasteiger partial charge in [-0.05, 0) is 19.3 Å². The molecule has 90 valence electrons. The van der Waals surface area contributed by atoms with Crippen molar-refractivity contribution < 1.29 is 4.79 Å². The van der Waals surface area contributed by atoms with E-state index in [0.29, 0.717) is 5.91 Å². The number of carbonyl (C=O) groups is 1. The number of amides is 1. The lowest BCUT2D eigenvalue weighted by molar-refractivity contribution is -0.142. The minimum atomic E-state index is 0.200. The maximum absolute atomic E-state index is 12.1. The van der Waals surface area contributed by atoms with Gasteiger partial charge in [-0.1, -0.05) is 12.2 Å². The number of carbonyl (C=O) groups excluding carboxylic acids is 1. The molecular weight excluding hydrogens is 216 g/mol. The van der Waals surface area contributed by atoms with Gasteiger partial charge in [0.05, 0.1) is 12.4 Å². The van der Waals surface area contributed by atoms with E-state index in [0.717, 1.165) is 32.4 Å². The first kappa shape index (κ1) is 10.5. The molecule has 3 rings (SSSR count). The van der Waals surface area contributed by atoms with E-state index in [1.54, 1.807) is 17.2 Å². The van der Waals surface area contributed by atoms with Crippen LogP contribution in [0.5, 0.6) is 0 Å². The normalized spacial score (nSPS) is 24.7. The molecule has 1 aromatic rings. The maximum Gasteiger partial charge on any atom is 0.226 e. The first-order valence-electron chi connectivity index (χ1n) is 6.14. The van der Waals surface area contributed by atoms with Crippen LogP contribution in [0.15, 0.2) is 24.5 Å². The van der Waals surface area contributed by atoms with Crippen LogP contribution < -0.4 is 0 Å². The van der Waals surface area contributed by atoms with Crippen molar-refractivity contribution in [2.45, 2.75) is 25.3 Å². The molecule has 0 saturated carbocycles. The Morgan fingerprint density at radius 3 is 2.59 bits per heavy atom. The second-order valence-corrected chi connectivity index (χ2v) is 4.73. The standard InChI is InChI=1S/C12H16N4O/c17-12(10-4-2-1-3-5-10)15-8-11(9-15)16-13-6-7-14-16/h1-2,6-7,10-11H,3-5,8-9H2. The zero-order chi connectivity index (χ0) is 11.7. The smallest absolute Gasteiger partial charge is 0.226 e. The van der Waals surface area contributed by atoms with E-state index in [2.05, 4.69) is 22.3 Å². The lowest BCUT2D eigenvalue weighted by Gasteiger charge is -2.40. The molecule has 1 aliphatic heterocycles. The molecular formula is C12H16N4O. The van der Waals surface area contributed by atoms with Crippen molar-refractivity contribution in [3.8, 4) is 0 Å². The molecule has 0 spiro atoms. The second kappa shape index (κ2) is 4.31. The molecule has 0 aromatic carbocycles. The molecule has 0 N–H and O–H groups in total. The zero-order valence-corrected chi connectivity index (χ0v) is 9.70. The van der Waals surface area contributed by atoms with Crippen LogP contribution in [0.25, 0.3) is 0 Å². The van der Waals surface area contributed by atoms with Gasteiger partial charge in [0.15, 0.2) is 0 Å². The van der Waals surface area contributed by atoms with Crippen LogP contribution >= 0.6 is 0 Å². The van der Waals surface area contributed by atoms with Gasteiger partial charge in [-0.3, -0.25) is 4.79 Å². The van der Waals surface area contributed by atoms with Crippen molar-refractivity contribution in [1.29, 1.82) is 0 Å². The molecule has 5 heteroatoms. The Balaban J connectivity index is 1.55. The fourth-order valence-electron chi connectivity index (χ4n) is 2.47. The van der Waals surface area contributed by atoms with Crippen LogP contribution in [0.4, 0.5) is 0 Å². The van der Waals surface area contributed by atoms with Gasteiger partial charge in [0.25, 0.3) is 0 Å². The van der Waals surface area contributed by atoms with E-state index >= 15 is 0 Å². The fourth-order valence-corrected chi connectivity index (χ4v) is 2.47. The summed E-state index contributed by atoms with van der Waals surface area (Å²) >= 11 is 0. The summed E-state index contributed by atoms with van der Waals surface area (Å²) in [6, 6.07) is 0.271. The van der Waals surface area contributed by atoms with Crippen molar-refractivity contribution in [3.05, 3.63) is 24.5 Å². The minimum absolute atomic E-state index is 0.200. The largest absolute Gasteiger partial charge is 0.338 e. The van der Waals surface area contributed by atoms with Gasteiger partial charge in [-0.2, -0.15) is 15.0 Å². The quantitative estimate of drug-likeness (QED) is 0.715. The third kappa shape index (κ3) is 1.97. The molecule has 1 aromatic heterocycles. The molecule has 1 unspecified atom stereocenters. The van der Waals surface area contributed by atoms with E-state index in [4.69, 9.17) is 0 Å². The Kier molecular flexibility index (Phi) is 2.66. The van der Waals surface area contributed by atoms with E-state index in [1.807, 2.05) is 4.90 Å². The first-order chi connectivity index (χ1) is 8.34. The van der Waals surface area contributed by atoms with Crippen LogP contribution in [0.2, 0.25) is 0 Å². The molecule has 1 saturated heterocycles. The molecule has 0 radical (unpaired) electrons. The van der Waals surface area contributed by atoms with Crippen molar-refractivity contribution in [3.63, 3.8) is 0 Å². The number of rotatable bonds is 2. The van der Waals surface area contributed by atoms with E-state index in [1.165, 1.54) is 0 Å². The van der Waals surface area contributed by atoms with Crippen LogP contribution in [-0.4, -0.2) is 38.9 Å². The lowest BCUT2D eigenvalue weighted by atomic mass is 9.91. The Morgan fingerprint density at radius 2 is 1.94 bits per heavy atom. The van der Waals surface area contributed by atoms with Gasteiger partial charge >= 0.3 is 0 Å². The summed E-state index contributed by atoms with van der Waals surface area (Å²) in [5.41, 5.74) is 0. The highest BCUT2D eigenvalue weighted by Crippen LogP contribution is 2.26. The number of likely N-dealkylation sites (tertiary alicyclic amines) is 1. The minimum Gasteiger partial charge on any atom is -0.338 e. The zero-order valence-electron chi connectivity index (χ0n) is 9.70. The molecule has 1 fully saturated rings. The number of aromatic nitrogens is 3. The second-order valence-electron chi connectivity index (χ2n) is 4.73. The predicted molar refractivity (Wildman–Crippen MR) is 62.1 cm³/mol. The number of hydrogen-bond acceptors (Lipinski definition) is 3. The maximum atomic E-state index is 12.1. The first-order valence-corrected chi connectivity index (χ1v) is 6.14. The summed E-state index contributed by atoms with van der Waals surface area (Å²) in [6.45, 7) is 1.52. The highest BCUT2D eigenvalue weighted by atomic mass is 16.2. The molecule has 17 heavy (non-hydrogen) atoms. The van der Waals surface area contributed by atoms with E-state index in [9.17, 15) is 4.79 Å². The highest BCUT2D eigenvalue weighted by molar-refractivity contribution is 5.80. The molecule has 1 aliphatic carbocycles. The Labute approximate surface area is 100 Å². The summed E-state index contributed by atoms with van der Waals surface area (Å²) < 4.78 is 0. The summed E-state index contributed by atoms with van der Waals surface area (Å²) in [6.07, 6.45) is 10.6. The van der Waals surface area contributed by atoms with E-state index < -0.39 is 0 Å². The monoisotopic (exact) mass is 232 g/mol. The van der Waals surface area contributed by atoms with Crippen LogP contribution in [0.3, 0.4) is 0 Å². The molecule has 5 nitrogen and oxygen atoms in total. The predicted octanol–water partition coefficient (Wildman–Crippen LogP) is 1.02. The third-order valence-corrected chi connectivity index (χ3v) is 3.56. The molecule has 2 aliphatic rings. The summed E-state index contributed by atoms with van der Waals surface area (Å²) in [5, 5.41) is 8.20. The Hall–Kier alpha value is -1.65. The van der Waals surface area contributed by atoms with Gasteiger partial charge in [-0.25, -0.2) is 0 Å². The highest BCUT2D eigenvalue weighted by Gasteiger charge is 2.35. The van der Waals surface area contributed by atoms with Gasteiger partial charge in [0, 0.05) is 19.0 Å². The van der Waals surface area contributed by atoms with Crippen LogP contribution in [0.1, 0.15) is 25.3 Å². The average molecular weight is 232 g/mol. The molecule has 0 bridgehead atoms. The van der Waals surface area contributed by atoms with E-state index in [-0.39, 0.29) is 12.0 Å². The summed E-state index contributed by atoms with van der Waals surface area (Å²) in [5.74, 6) is 0.504. The van der Waals surface area contributed by atoms with Crippen molar-refractivity contribution in [1.82, 2.24) is 19.9 Å². The topological polar surface area (TPSA) is 51.0 Å². The van der Waals surface area contributed by atoms with Crippen LogP contribution in [-0.2, 0) is 4.79 Å². The van der Waals surface area contributed by atoms with Crippen molar-refractivity contribution in [2.24, 2.45) is 5.92 Å². The molecule has 1 amide bonds. The SMILES string of the molecule is O=C(C1CC=CCC1)N1CC(n2nccn2)C1. The van der Waals surface area contributed by atoms with Gasteiger partial charge < -0.3 is 4.90 Å². The molecule has 2 heterocycles. The number of allylic oxidation sites excluding steroid dienone is 2. The summed E-state index contributed by atoms with van der Waals surface area (Å²) in [4.78, 5) is 15.8. The lowest BCUT2D eigenvalue weighted by Crippen LogP contribution is -2.53. The van der Waals surface area contributed by atoms with Gasteiger partial charge in [-0.15, -0.1) is 0 Å². The van der Waals surface area contributed by atoms with Crippen molar-refractivity contribution >= 4 is 5.91 Å². The third-order valence-electron chi connectivity index (χ3n) is 3.56. The van der Waals surface area contributed by atoms with Gasteiger partial charge in [0.2, 0.25) is 5.91 Å².